The van der Waals surface area contributed by atoms with Crippen molar-refractivity contribution in [1.29, 1.82) is 0 Å². The van der Waals surface area contributed by atoms with Gasteiger partial charge in [-0.05, 0) is 43.3 Å². The summed E-state index contributed by atoms with van der Waals surface area (Å²) in [6, 6.07) is 6.95. The first-order valence-electron chi connectivity index (χ1n) is 8.78. The lowest BCUT2D eigenvalue weighted by molar-refractivity contribution is -0.384. The average molecular weight is 474 g/mol. The van der Waals surface area contributed by atoms with Crippen molar-refractivity contribution in [2.45, 2.75) is 19.2 Å². The summed E-state index contributed by atoms with van der Waals surface area (Å²) in [6.45, 7) is 0.578. The molecule has 0 aliphatic rings. The zero-order valence-electron chi connectivity index (χ0n) is 16.2. The van der Waals surface area contributed by atoms with Crippen LogP contribution in [-0.2, 0) is 20.5 Å². The third-order valence-corrected chi connectivity index (χ3v) is 4.28. The third-order valence-electron chi connectivity index (χ3n) is 3.96. The zero-order valence-corrected chi connectivity index (χ0v) is 17.0. The third kappa shape index (κ3) is 6.67. The molecule has 2 aromatic rings. The van der Waals surface area contributed by atoms with Gasteiger partial charge in [-0.3, -0.25) is 24.5 Å². The van der Waals surface area contributed by atoms with Crippen molar-refractivity contribution in [2.75, 3.05) is 11.9 Å². The largest absolute Gasteiger partial charge is 0.451 e. The number of nitrogens with one attached hydrogen (secondary N) is 2. The number of ether oxygens (including phenoxy) is 1. The summed E-state index contributed by atoms with van der Waals surface area (Å²) in [5.41, 5.74) is -1.45. The number of carbonyl (C=O) groups excluding carboxylic acids is 3. The Bertz CT molecular complexity index is 1040. The van der Waals surface area contributed by atoms with Crippen LogP contribution in [0.4, 0.5) is 24.5 Å². The normalized spacial score (nSPS) is 11.9. The highest BCUT2D eigenvalue weighted by Gasteiger charge is 2.30. The van der Waals surface area contributed by atoms with Gasteiger partial charge in [0, 0.05) is 17.3 Å². The number of nitrogens with zero attached hydrogens (tertiary/aromatic N) is 1. The van der Waals surface area contributed by atoms with Crippen molar-refractivity contribution in [1.82, 2.24) is 5.32 Å². The Morgan fingerprint density at radius 3 is 2.34 bits per heavy atom. The van der Waals surface area contributed by atoms with E-state index in [0.717, 1.165) is 36.4 Å². The SMILES string of the molecule is CC(OC(=O)CNC(=O)c1ccc(Cl)c([N+](=O)[O-])c1)C(=O)Nc1ccc(C(F)(F)F)cc1. The minimum atomic E-state index is -4.52. The van der Waals surface area contributed by atoms with Crippen LogP contribution in [0.2, 0.25) is 5.02 Å². The summed E-state index contributed by atoms with van der Waals surface area (Å²) in [6.07, 6.45) is -5.84. The van der Waals surface area contributed by atoms with E-state index in [1.165, 1.54) is 13.0 Å². The van der Waals surface area contributed by atoms with Crippen molar-refractivity contribution in [3.63, 3.8) is 0 Å². The van der Waals surface area contributed by atoms with Crippen LogP contribution in [-0.4, -0.2) is 35.4 Å². The Morgan fingerprint density at radius 1 is 1.16 bits per heavy atom. The maximum Gasteiger partial charge on any atom is 0.416 e. The van der Waals surface area contributed by atoms with E-state index in [4.69, 9.17) is 16.3 Å². The van der Waals surface area contributed by atoms with Crippen molar-refractivity contribution >= 4 is 40.8 Å². The lowest BCUT2D eigenvalue weighted by Crippen LogP contribution is -2.35. The molecule has 0 spiro atoms. The molecule has 2 amide bonds. The summed E-state index contributed by atoms with van der Waals surface area (Å²) in [4.78, 5) is 46.1. The van der Waals surface area contributed by atoms with Crippen molar-refractivity contribution in [3.05, 3.63) is 68.7 Å². The van der Waals surface area contributed by atoms with Crippen LogP contribution in [0.25, 0.3) is 0 Å². The summed E-state index contributed by atoms with van der Waals surface area (Å²) in [5.74, 6) is -2.61. The maximum atomic E-state index is 12.6. The zero-order chi connectivity index (χ0) is 24.1. The van der Waals surface area contributed by atoms with Crippen molar-refractivity contribution in [2.24, 2.45) is 0 Å². The predicted octanol–water partition coefficient (Wildman–Crippen LogP) is 3.57. The van der Waals surface area contributed by atoms with Crippen LogP contribution in [0.1, 0.15) is 22.8 Å². The minimum absolute atomic E-state index is 0.0588. The number of benzene rings is 2. The summed E-state index contributed by atoms with van der Waals surface area (Å²) >= 11 is 5.66. The Labute approximate surface area is 183 Å². The molecular formula is C19H15ClF3N3O6. The fourth-order valence-corrected chi connectivity index (χ4v) is 2.51. The molecule has 0 saturated carbocycles. The highest BCUT2D eigenvalue weighted by molar-refractivity contribution is 6.32. The second kappa shape index (κ2) is 10.1. The van der Waals surface area contributed by atoms with Gasteiger partial charge in [0.15, 0.2) is 6.10 Å². The number of anilines is 1. The smallest absolute Gasteiger partial charge is 0.416 e. The first-order valence-corrected chi connectivity index (χ1v) is 9.16. The van der Waals surface area contributed by atoms with Crippen molar-refractivity contribution in [3.8, 4) is 0 Å². The number of alkyl halides is 3. The molecule has 0 radical (unpaired) electrons. The van der Waals surface area contributed by atoms with Crippen molar-refractivity contribution < 1.29 is 37.2 Å². The fraction of sp³-hybridized carbons (Fsp3) is 0.211. The van der Waals surface area contributed by atoms with E-state index in [-0.39, 0.29) is 16.3 Å². The number of amides is 2. The van der Waals surface area contributed by atoms with E-state index < -0.39 is 52.8 Å². The minimum Gasteiger partial charge on any atom is -0.451 e. The highest BCUT2D eigenvalue weighted by atomic mass is 35.5. The molecule has 0 aliphatic carbocycles. The Hall–Kier alpha value is -3.67. The van der Waals surface area contributed by atoms with E-state index >= 15 is 0 Å². The molecule has 0 saturated heterocycles. The Kier molecular flexibility index (Phi) is 7.76. The molecular weight excluding hydrogens is 459 g/mol. The molecule has 0 aromatic heterocycles. The number of esters is 1. The summed E-state index contributed by atoms with van der Waals surface area (Å²) in [5, 5.41) is 15.2. The number of carbonyl (C=O) groups is 3. The second-order valence-corrected chi connectivity index (χ2v) is 6.71. The van der Waals surface area contributed by atoms with Gasteiger partial charge in [-0.2, -0.15) is 13.2 Å². The van der Waals surface area contributed by atoms with Gasteiger partial charge in [-0.25, -0.2) is 0 Å². The topological polar surface area (TPSA) is 128 Å². The lowest BCUT2D eigenvalue weighted by Gasteiger charge is -2.14. The molecule has 170 valence electrons. The molecule has 2 aromatic carbocycles. The summed E-state index contributed by atoms with van der Waals surface area (Å²) in [7, 11) is 0. The Morgan fingerprint density at radius 2 is 1.78 bits per heavy atom. The van der Waals surface area contributed by atoms with E-state index in [2.05, 4.69) is 10.6 Å². The highest BCUT2D eigenvalue weighted by Crippen LogP contribution is 2.30. The number of nitro groups is 1. The van der Waals surface area contributed by atoms with Crippen LogP contribution in [0.5, 0.6) is 0 Å². The van der Waals surface area contributed by atoms with Crippen LogP contribution in [0.15, 0.2) is 42.5 Å². The van der Waals surface area contributed by atoms with Gasteiger partial charge in [0.1, 0.15) is 11.6 Å². The molecule has 0 bridgehead atoms. The number of nitro benzene ring substituents is 1. The molecule has 0 fully saturated rings. The lowest BCUT2D eigenvalue weighted by atomic mass is 10.2. The molecule has 13 heteroatoms. The van der Waals surface area contributed by atoms with Crippen LogP contribution >= 0.6 is 11.6 Å². The number of rotatable bonds is 7. The van der Waals surface area contributed by atoms with Gasteiger partial charge in [0.2, 0.25) is 0 Å². The molecule has 0 aliphatic heterocycles. The maximum absolute atomic E-state index is 12.6. The van der Waals surface area contributed by atoms with Gasteiger partial charge >= 0.3 is 12.1 Å². The van der Waals surface area contributed by atoms with Gasteiger partial charge in [0.25, 0.3) is 17.5 Å². The molecule has 2 N–H and O–H groups in total. The molecule has 9 nitrogen and oxygen atoms in total. The first kappa shape index (κ1) is 24.6. The summed E-state index contributed by atoms with van der Waals surface area (Å²) < 4.78 is 42.5. The standard InChI is InChI=1S/C19H15ClF3N3O6/c1-10(17(28)25-13-5-3-12(4-6-13)19(21,22)23)32-16(27)9-24-18(29)11-2-7-14(20)15(8-11)26(30)31/h2-8,10H,9H2,1H3,(H,24,29)(H,25,28). The number of hydrogen-bond acceptors (Lipinski definition) is 6. The molecule has 1 unspecified atom stereocenters. The molecule has 1 atom stereocenters. The van der Waals surface area contributed by atoms with Gasteiger partial charge in [0.05, 0.1) is 10.5 Å². The van der Waals surface area contributed by atoms with E-state index in [1.807, 2.05) is 0 Å². The predicted molar refractivity (Wildman–Crippen MR) is 106 cm³/mol. The fourth-order valence-electron chi connectivity index (χ4n) is 2.33. The monoisotopic (exact) mass is 473 g/mol. The van der Waals surface area contributed by atoms with E-state index in [9.17, 15) is 37.7 Å². The van der Waals surface area contributed by atoms with Gasteiger partial charge in [-0.15, -0.1) is 0 Å². The van der Waals surface area contributed by atoms with E-state index in [0.29, 0.717) is 0 Å². The van der Waals surface area contributed by atoms with Gasteiger partial charge < -0.3 is 15.4 Å². The average Bonchev–Trinajstić information content (AvgIpc) is 2.71. The molecule has 0 heterocycles. The van der Waals surface area contributed by atoms with Gasteiger partial charge in [-0.1, -0.05) is 11.6 Å². The number of hydrogen-bond donors (Lipinski definition) is 2. The second-order valence-electron chi connectivity index (χ2n) is 6.30. The van der Waals surface area contributed by atoms with Crippen LogP contribution in [0, 0.1) is 10.1 Å². The Balaban J connectivity index is 1.87. The first-order chi connectivity index (χ1) is 14.9. The van der Waals surface area contributed by atoms with E-state index in [1.54, 1.807) is 0 Å². The van der Waals surface area contributed by atoms with Crippen LogP contribution < -0.4 is 10.6 Å². The quantitative estimate of drug-likeness (QED) is 0.359. The number of halogens is 4. The van der Waals surface area contributed by atoms with Crippen LogP contribution in [0.3, 0.4) is 0 Å². The molecule has 32 heavy (non-hydrogen) atoms. The molecule has 2 rings (SSSR count).